The zero-order valence-corrected chi connectivity index (χ0v) is 13.3. The summed E-state index contributed by atoms with van der Waals surface area (Å²) in [5, 5.41) is 8.82. The van der Waals surface area contributed by atoms with Crippen molar-refractivity contribution in [3.8, 4) is 5.75 Å². The van der Waals surface area contributed by atoms with E-state index in [1.54, 1.807) is 0 Å². The predicted octanol–water partition coefficient (Wildman–Crippen LogP) is 0.584. The van der Waals surface area contributed by atoms with Gasteiger partial charge in [0.1, 0.15) is 0 Å². The number of aliphatic carboxylic acids is 1. The van der Waals surface area contributed by atoms with Crippen molar-refractivity contribution in [2.75, 3.05) is 7.11 Å². The maximum absolute atomic E-state index is 14.3. The molecule has 2 rings (SSSR count). The Morgan fingerprint density at radius 1 is 1.55 bits per heavy atom. The van der Waals surface area contributed by atoms with Gasteiger partial charge in [0.2, 0.25) is 0 Å². The van der Waals surface area contributed by atoms with Gasteiger partial charge in [-0.25, -0.2) is 0 Å². The minimum atomic E-state index is -1.20. The normalized spacial score (nSPS) is 12.7. The summed E-state index contributed by atoms with van der Waals surface area (Å²) in [6.45, 7) is 0. The quantitative estimate of drug-likeness (QED) is 0.599. The third-order valence-electron chi connectivity index (χ3n) is 2.95. The molecule has 1 unspecified atom stereocenters. The van der Waals surface area contributed by atoms with Gasteiger partial charge in [0, 0.05) is 0 Å². The summed E-state index contributed by atoms with van der Waals surface area (Å²) < 4.78 is 33.4. The molecule has 1 aromatic carbocycles. The average Bonchev–Trinajstić information content (AvgIpc) is 2.81. The molecule has 1 aromatic heterocycles. The fraction of sp³-hybridized carbons (Fsp3) is 0.250. The molecule has 2 aromatic rings. The summed E-state index contributed by atoms with van der Waals surface area (Å²) in [6.07, 6.45) is 1.27. The first kappa shape index (κ1) is 15.1. The number of H-pyrrole nitrogens is 1. The topological polar surface area (TPSA) is 88.3 Å². The van der Waals surface area contributed by atoms with Crippen LogP contribution in [-0.2, 0) is 11.2 Å². The van der Waals surface area contributed by atoms with Crippen LogP contribution in [0.25, 0.3) is 10.9 Å². The molecule has 0 aliphatic heterocycles. The first-order chi connectivity index (χ1) is 9.38. The van der Waals surface area contributed by atoms with Gasteiger partial charge in [0.05, 0.1) is 0 Å². The van der Waals surface area contributed by atoms with E-state index in [9.17, 15) is 13.6 Å². The number of halogens is 2. The molecule has 0 spiro atoms. The van der Waals surface area contributed by atoms with Crippen molar-refractivity contribution in [3.63, 3.8) is 0 Å². The fourth-order valence-corrected chi connectivity index (χ4v) is 2.96. The molecule has 0 saturated carbocycles. The third kappa shape index (κ3) is 2.38. The minimum absolute atomic E-state index is 0.0255. The van der Waals surface area contributed by atoms with E-state index in [-0.39, 0.29) is 26.3 Å². The molecule has 0 radical (unpaired) electrons. The van der Waals surface area contributed by atoms with Gasteiger partial charge in [-0.3, -0.25) is 0 Å². The second-order valence-corrected chi connectivity index (χ2v) is 5.66. The van der Waals surface area contributed by atoms with Crippen LogP contribution in [0.15, 0.2) is 6.20 Å². The SMILES string of the molecule is COc1c([At])c(F)c2c(CC(N)C(=O)O)c[nH]c2c1F. The molecule has 20 heavy (non-hydrogen) atoms. The Labute approximate surface area is 127 Å². The summed E-state index contributed by atoms with van der Waals surface area (Å²) in [7, 11) is 1.26. The molecule has 1 atom stereocenters. The molecule has 1 heterocycles. The Balaban J connectivity index is 2.64. The van der Waals surface area contributed by atoms with Crippen LogP contribution in [-0.4, -0.2) is 29.2 Å². The zero-order valence-electron chi connectivity index (χ0n) is 10.3. The summed E-state index contributed by atoms with van der Waals surface area (Å²) in [5.41, 5.74) is 5.71. The molecular formula is C12H11AtF2N2O3. The first-order valence-electron chi connectivity index (χ1n) is 5.57. The Hall–Kier alpha value is -1.27. The Morgan fingerprint density at radius 3 is 2.75 bits per heavy atom. The number of aromatic amines is 1. The second-order valence-electron chi connectivity index (χ2n) is 4.19. The number of ether oxygens (including phenoxy) is 1. The number of methoxy groups -OCH3 is 1. The Kier molecular flexibility index (Phi) is 4.25. The van der Waals surface area contributed by atoms with E-state index in [0.717, 1.165) is 24.7 Å². The molecule has 0 fully saturated rings. The summed E-state index contributed by atoms with van der Waals surface area (Å²) in [5.74, 6) is -2.67. The van der Waals surface area contributed by atoms with E-state index in [1.165, 1.54) is 13.3 Å². The van der Waals surface area contributed by atoms with Gasteiger partial charge < -0.3 is 0 Å². The summed E-state index contributed by atoms with van der Waals surface area (Å²) in [4.78, 5) is 13.4. The van der Waals surface area contributed by atoms with Crippen molar-refractivity contribution in [2.24, 2.45) is 5.73 Å². The van der Waals surface area contributed by atoms with Crippen molar-refractivity contribution in [1.29, 1.82) is 0 Å². The molecule has 108 valence electrons. The Bertz CT molecular complexity index is 687. The van der Waals surface area contributed by atoms with Crippen LogP contribution in [0.3, 0.4) is 0 Å². The van der Waals surface area contributed by atoms with Crippen LogP contribution in [0.2, 0.25) is 0 Å². The number of aromatic nitrogens is 1. The first-order valence-corrected chi connectivity index (χ1v) is 7.04. The number of carboxylic acid groups (broad SMARTS) is 1. The molecule has 0 aliphatic carbocycles. The monoisotopic (exact) mass is 479 g/mol. The van der Waals surface area contributed by atoms with Crippen LogP contribution in [0.4, 0.5) is 8.78 Å². The van der Waals surface area contributed by atoms with E-state index in [2.05, 4.69) is 4.98 Å². The molecule has 0 bridgehead atoms. The predicted molar refractivity (Wildman–Crippen MR) is 63.7 cm³/mol. The van der Waals surface area contributed by atoms with Crippen LogP contribution < -0.4 is 13.7 Å². The van der Waals surface area contributed by atoms with E-state index in [0.29, 0.717) is 5.56 Å². The van der Waals surface area contributed by atoms with Gasteiger partial charge in [-0.05, 0) is 0 Å². The fourth-order valence-electron chi connectivity index (χ4n) is 1.97. The van der Waals surface area contributed by atoms with Gasteiger partial charge >= 0.3 is 128 Å². The Morgan fingerprint density at radius 2 is 2.20 bits per heavy atom. The van der Waals surface area contributed by atoms with Gasteiger partial charge in [0.25, 0.3) is 0 Å². The molecule has 0 amide bonds. The van der Waals surface area contributed by atoms with Crippen LogP contribution in [0.1, 0.15) is 5.56 Å². The molecule has 5 nitrogen and oxygen atoms in total. The van der Waals surface area contributed by atoms with Crippen molar-refractivity contribution in [3.05, 3.63) is 23.4 Å². The third-order valence-corrected chi connectivity index (χ3v) is 4.27. The van der Waals surface area contributed by atoms with E-state index in [1.807, 2.05) is 0 Å². The number of benzene rings is 1. The van der Waals surface area contributed by atoms with Crippen LogP contribution in [0.5, 0.6) is 5.75 Å². The average molecular weight is 479 g/mol. The van der Waals surface area contributed by atoms with Gasteiger partial charge in [-0.2, -0.15) is 0 Å². The van der Waals surface area contributed by atoms with Gasteiger partial charge in [-0.1, -0.05) is 0 Å². The van der Waals surface area contributed by atoms with Crippen molar-refractivity contribution < 1.29 is 48.1 Å². The van der Waals surface area contributed by atoms with E-state index >= 15 is 0 Å². The number of fused-ring (bicyclic) bond motifs is 1. The number of hydrogen-bond acceptors (Lipinski definition) is 3. The number of carbonyl (C=O) groups is 1. The number of hydrogen-bond donors (Lipinski definition) is 3. The van der Waals surface area contributed by atoms with Crippen molar-refractivity contribution in [2.45, 2.75) is 12.5 Å². The molecule has 4 N–H and O–H groups in total. The van der Waals surface area contributed by atoms with E-state index in [4.69, 9.17) is 15.6 Å². The summed E-state index contributed by atoms with van der Waals surface area (Å²) in [6, 6.07) is -1.18. The summed E-state index contributed by atoms with van der Waals surface area (Å²) >= 11 is 0.940. The van der Waals surface area contributed by atoms with Crippen molar-refractivity contribution in [1.82, 2.24) is 4.98 Å². The molecule has 0 saturated heterocycles. The van der Waals surface area contributed by atoms with E-state index < -0.39 is 23.6 Å². The van der Waals surface area contributed by atoms with Gasteiger partial charge in [0.15, 0.2) is 0 Å². The second kappa shape index (κ2) is 5.62. The van der Waals surface area contributed by atoms with Crippen molar-refractivity contribution >= 4 is 20.1 Å². The number of rotatable bonds is 4. The zero-order chi connectivity index (χ0) is 15.0. The standard InChI is InChI=1S/C12H11AtF2N2O3/c1-20-11-7(13)8(14)6-4(2-5(16)12(18)19)3-17-10(6)9(11)15/h3,5,17H,2,16H2,1H3,(H,18,19). The van der Waals surface area contributed by atoms with Gasteiger partial charge in [-0.15, -0.1) is 0 Å². The number of nitrogens with two attached hydrogens (primary N) is 1. The number of carboxylic acids is 1. The maximum atomic E-state index is 14.3. The van der Waals surface area contributed by atoms with Crippen LogP contribution in [0, 0.1) is 36.4 Å². The van der Waals surface area contributed by atoms with Crippen LogP contribution >= 0.6 is 0 Å². The number of nitrogens with one attached hydrogen (secondary N) is 1. The molecule has 0 aliphatic rings. The molecular weight excluding hydrogens is 468 g/mol. The molecule has 8 heteroatoms.